The first-order chi connectivity index (χ1) is 9.10. The van der Waals surface area contributed by atoms with Crippen LogP contribution < -0.4 is 15.2 Å². The molecule has 2 aromatic rings. The van der Waals surface area contributed by atoms with Crippen molar-refractivity contribution in [1.29, 1.82) is 0 Å². The number of nitro benzene ring substituents is 1. The molecule has 0 spiro atoms. The van der Waals surface area contributed by atoms with Crippen molar-refractivity contribution >= 4 is 22.2 Å². The molecule has 1 heterocycles. The molecule has 0 aliphatic carbocycles. The summed E-state index contributed by atoms with van der Waals surface area (Å²) in [6.07, 6.45) is 0. The number of benzene rings is 1. The van der Waals surface area contributed by atoms with E-state index in [4.69, 9.17) is 15.2 Å². The van der Waals surface area contributed by atoms with Gasteiger partial charge in [-0.1, -0.05) is 11.3 Å². The van der Waals surface area contributed by atoms with Crippen LogP contribution in [0.15, 0.2) is 18.2 Å². The Balaban J connectivity index is 2.12. The van der Waals surface area contributed by atoms with Gasteiger partial charge in [0.25, 0.3) is 0 Å². The average Bonchev–Trinajstić information content (AvgIpc) is 2.81. The summed E-state index contributed by atoms with van der Waals surface area (Å²) in [5, 5.41) is 19.2. The van der Waals surface area contributed by atoms with Gasteiger partial charge in [0.15, 0.2) is 10.8 Å². The maximum atomic E-state index is 10.8. The zero-order valence-electron chi connectivity index (χ0n) is 9.90. The van der Waals surface area contributed by atoms with Gasteiger partial charge in [0.2, 0.25) is 5.13 Å². The molecule has 100 valence electrons. The molecule has 0 radical (unpaired) electrons. The Hall–Kier alpha value is -2.42. The SMILES string of the molecule is COc1ccc(OCc2nnc(N)s2)cc1[N+](=O)[O-]. The highest BCUT2D eigenvalue weighted by molar-refractivity contribution is 7.15. The Labute approximate surface area is 111 Å². The van der Waals surface area contributed by atoms with Crippen molar-refractivity contribution in [3.8, 4) is 11.5 Å². The molecule has 2 N–H and O–H groups in total. The molecule has 0 saturated heterocycles. The third-order valence-electron chi connectivity index (χ3n) is 2.19. The summed E-state index contributed by atoms with van der Waals surface area (Å²) in [6, 6.07) is 4.35. The van der Waals surface area contributed by atoms with Crippen molar-refractivity contribution in [1.82, 2.24) is 10.2 Å². The molecule has 0 bridgehead atoms. The molecule has 9 heteroatoms. The van der Waals surface area contributed by atoms with Crippen LogP contribution in [0.25, 0.3) is 0 Å². The second-order valence-electron chi connectivity index (χ2n) is 3.41. The zero-order chi connectivity index (χ0) is 13.8. The quantitative estimate of drug-likeness (QED) is 0.654. The highest BCUT2D eigenvalue weighted by Gasteiger charge is 2.16. The highest BCUT2D eigenvalue weighted by Crippen LogP contribution is 2.31. The summed E-state index contributed by atoms with van der Waals surface area (Å²) in [4.78, 5) is 10.3. The number of hydrogen-bond acceptors (Lipinski definition) is 8. The third-order valence-corrected chi connectivity index (χ3v) is 2.92. The van der Waals surface area contributed by atoms with E-state index < -0.39 is 4.92 Å². The maximum Gasteiger partial charge on any atom is 0.314 e. The van der Waals surface area contributed by atoms with Crippen molar-refractivity contribution in [2.24, 2.45) is 0 Å². The van der Waals surface area contributed by atoms with Crippen molar-refractivity contribution in [2.75, 3.05) is 12.8 Å². The van der Waals surface area contributed by atoms with E-state index in [0.29, 0.717) is 15.9 Å². The molecule has 0 atom stereocenters. The third kappa shape index (κ3) is 3.07. The van der Waals surface area contributed by atoms with E-state index >= 15 is 0 Å². The van der Waals surface area contributed by atoms with Crippen molar-refractivity contribution in [3.05, 3.63) is 33.3 Å². The summed E-state index contributed by atoms with van der Waals surface area (Å²) < 4.78 is 10.3. The van der Waals surface area contributed by atoms with E-state index in [2.05, 4.69) is 10.2 Å². The minimum Gasteiger partial charge on any atom is -0.490 e. The molecule has 0 saturated carbocycles. The van der Waals surface area contributed by atoms with Crippen LogP contribution >= 0.6 is 11.3 Å². The molecular weight excluding hydrogens is 272 g/mol. The van der Waals surface area contributed by atoms with Crippen LogP contribution in [0.2, 0.25) is 0 Å². The van der Waals surface area contributed by atoms with Crippen molar-refractivity contribution in [3.63, 3.8) is 0 Å². The first-order valence-corrected chi connectivity index (χ1v) is 5.95. The zero-order valence-corrected chi connectivity index (χ0v) is 10.7. The Morgan fingerprint density at radius 2 is 2.26 bits per heavy atom. The number of nitrogens with zero attached hydrogens (tertiary/aromatic N) is 3. The molecule has 1 aromatic carbocycles. The van der Waals surface area contributed by atoms with Crippen molar-refractivity contribution < 1.29 is 14.4 Å². The second-order valence-corrected chi connectivity index (χ2v) is 4.51. The molecule has 19 heavy (non-hydrogen) atoms. The van der Waals surface area contributed by atoms with Crippen molar-refractivity contribution in [2.45, 2.75) is 6.61 Å². The standard InChI is InChI=1S/C10H10N4O4S/c1-17-8-3-2-6(4-7(8)14(15)16)18-5-9-12-13-10(11)19-9/h2-4H,5H2,1H3,(H2,11,13). The van der Waals surface area contributed by atoms with Gasteiger partial charge in [-0.3, -0.25) is 10.1 Å². The minimum absolute atomic E-state index is 0.151. The topological polar surface area (TPSA) is 113 Å². The molecule has 0 aliphatic heterocycles. The first kappa shape index (κ1) is 13.0. The number of aromatic nitrogens is 2. The van der Waals surface area contributed by atoms with Gasteiger partial charge in [-0.2, -0.15) is 0 Å². The van der Waals surface area contributed by atoms with Gasteiger partial charge >= 0.3 is 5.69 Å². The number of nitrogen functional groups attached to an aromatic ring is 1. The number of anilines is 1. The fourth-order valence-corrected chi connectivity index (χ4v) is 1.89. The lowest BCUT2D eigenvalue weighted by Crippen LogP contribution is -1.98. The Morgan fingerprint density at radius 3 is 2.84 bits per heavy atom. The van der Waals surface area contributed by atoms with E-state index in [1.54, 1.807) is 6.07 Å². The Morgan fingerprint density at radius 1 is 1.47 bits per heavy atom. The van der Waals surface area contributed by atoms with Crippen LogP contribution in [0.4, 0.5) is 10.8 Å². The predicted octanol–water partition coefficient (Wildman–Crippen LogP) is 1.62. The molecule has 0 amide bonds. The van der Waals surface area contributed by atoms with E-state index in [1.165, 1.54) is 30.6 Å². The van der Waals surface area contributed by atoms with E-state index in [1.807, 2.05) is 0 Å². The second kappa shape index (κ2) is 5.48. The van der Waals surface area contributed by atoms with Gasteiger partial charge in [0.1, 0.15) is 12.4 Å². The Kier molecular flexibility index (Phi) is 3.76. The lowest BCUT2D eigenvalue weighted by molar-refractivity contribution is -0.385. The smallest absolute Gasteiger partial charge is 0.314 e. The van der Waals surface area contributed by atoms with Gasteiger partial charge < -0.3 is 15.2 Å². The number of methoxy groups -OCH3 is 1. The fraction of sp³-hybridized carbons (Fsp3) is 0.200. The first-order valence-electron chi connectivity index (χ1n) is 5.13. The molecule has 0 aliphatic rings. The number of nitro groups is 1. The highest BCUT2D eigenvalue weighted by atomic mass is 32.1. The van der Waals surface area contributed by atoms with Crippen LogP contribution in [-0.2, 0) is 6.61 Å². The van der Waals surface area contributed by atoms with Gasteiger partial charge in [0.05, 0.1) is 18.1 Å². The lowest BCUT2D eigenvalue weighted by Gasteiger charge is -2.05. The monoisotopic (exact) mass is 282 g/mol. The normalized spacial score (nSPS) is 10.2. The molecule has 1 aromatic heterocycles. The van der Waals surface area contributed by atoms with E-state index in [0.717, 1.165) is 0 Å². The molecule has 8 nitrogen and oxygen atoms in total. The molecule has 0 fully saturated rings. The molecular formula is C10H10N4O4S. The van der Waals surface area contributed by atoms with Gasteiger partial charge in [-0.05, 0) is 12.1 Å². The summed E-state index contributed by atoms with van der Waals surface area (Å²) in [6.45, 7) is 0.151. The van der Waals surface area contributed by atoms with E-state index in [9.17, 15) is 10.1 Å². The minimum atomic E-state index is -0.533. The Bertz CT molecular complexity index is 601. The molecule has 0 unspecified atom stereocenters. The van der Waals surface area contributed by atoms with Crippen LogP contribution in [0, 0.1) is 10.1 Å². The summed E-state index contributed by atoms with van der Waals surface area (Å²) in [5.41, 5.74) is 5.28. The number of nitrogens with two attached hydrogens (primary N) is 1. The van der Waals surface area contributed by atoms with Gasteiger partial charge in [0, 0.05) is 0 Å². The summed E-state index contributed by atoms with van der Waals surface area (Å²) >= 11 is 1.20. The number of ether oxygens (including phenoxy) is 2. The lowest BCUT2D eigenvalue weighted by atomic mass is 10.3. The van der Waals surface area contributed by atoms with Crippen LogP contribution in [0.1, 0.15) is 5.01 Å². The predicted molar refractivity (Wildman–Crippen MR) is 68.3 cm³/mol. The van der Waals surface area contributed by atoms with Crippen LogP contribution in [0.3, 0.4) is 0 Å². The number of rotatable bonds is 5. The maximum absolute atomic E-state index is 10.8. The molecule has 2 rings (SSSR count). The van der Waals surface area contributed by atoms with E-state index in [-0.39, 0.29) is 18.0 Å². The largest absolute Gasteiger partial charge is 0.490 e. The fourth-order valence-electron chi connectivity index (χ4n) is 1.37. The van der Waals surface area contributed by atoms with Crippen LogP contribution in [0.5, 0.6) is 11.5 Å². The summed E-state index contributed by atoms with van der Waals surface area (Å²) in [5.74, 6) is 0.527. The average molecular weight is 282 g/mol. The van der Waals surface area contributed by atoms with Gasteiger partial charge in [-0.15, -0.1) is 10.2 Å². The summed E-state index contributed by atoms with van der Waals surface area (Å²) in [7, 11) is 1.37. The number of hydrogen-bond donors (Lipinski definition) is 1. The van der Waals surface area contributed by atoms with Gasteiger partial charge in [-0.25, -0.2) is 0 Å². The van der Waals surface area contributed by atoms with Crippen LogP contribution in [-0.4, -0.2) is 22.2 Å².